The molecule has 1 aromatic carbocycles. The number of anilines is 1. The highest BCUT2D eigenvalue weighted by atomic mass is 16.5. The minimum absolute atomic E-state index is 0.483. The van der Waals surface area contributed by atoms with Crippen molar-refractivity contribution in [1.82, 2.24) is 4.98 Å². The van der Waals surface area contributed by atoms with Crippen LogP contribution in [-0.4, -0.2) is 12.0 Å². The Morgan fingerprint density at radius 1 is 1.16 bits per heavy atom. The van der Waals surface area contributed by atoms with Gasteiger partial charge in [0.2, 0.25) is 0 Å². The number of hydrogen-bond donors (Lipinski definition) is 1. The predicted octanol–water partition coefficient (Wildman–Crippen LogP) is 3.83. The molecule has 1 N–H and O–H groups in total. The van der Waals surface area contributed by atoms with Gasteiger partial charge in [0.15, 0.2) is 0 Å². The first-order chi connectivity index (χ1) is 9.19. The first kappa shape index (κ1) is 13.4. The summed E-state index contributed by atoms with van der Waals surface area (Å²) >= 11 is 0. The topological polar surface area (TPSA) is 34.1 Å². The van der Waals surface area contributed by atoms with Crippen molar-refractivity contribution >= 4 is 5.82 Å². The van der Waals surface area contributed by atoms with Crippen LogP contribution in [0.25, 0.3) is 0 Å². The second kappa shape index (κ2) is 6.23. The smallest absolute Gasteiger partial charge is 0.130 e. The molecule has 3 nitrogen and oxygen atoms in total. The van der Waals surface area contributed by atoms with Gasteiger partial charge in [-0.25, -0.2) is 4.98 Å². The van der Waals surface area contributed by atoms with E-state index in [0.29, 0.717) is 12.5 Å². The Morgan fingerprint density at radius 2 is 1.95 bits per heavy atom. The zero-order valence-corrected chi connectivity index (χ0v) is 11.7. The molecule has 2 aromatic rings. The van der Waals surface area contributed by atoms with Gasteiger partial charge in [0.25, 0.3) is 0 Å². The molecule has 100 valence electrons. The van der Waals surface area contributed by atoms with E-state index in [4.69, 9.17) is 4.74 Å². The van der Waals surface area contributed by atoms with Gasteiger partial charge in [0.1, 0.15) is 18.2 Å². The van der Waals surface area contributed by atoms with Crippen molar-refractivity contribution in [2.75, 3.05) is 12.4 Å². The summed E-state index contributed by atoms with van der Waals surface area (Å²) in [6.07, 6.45) is 0. The van der Waals surface area contributed by atoms with Gasteiger partial charge in [0.05, 0.1) is 5.69 Å². The fraction of sp³-hybridized carbons (Fsp3) is 0.312. The van der Waals surface area contributed by atoms with Gasteiger partial charge in [-0.05, 0) is 35.7 Å². The summed E-state index contributed by atoms with van der Waals surface area (Å²) in [5, 5.41) is 3.02. The Labute approximate surface area is 114 Å². The maximum absolute atomic E-state index is 5.79. The molecule has 3 heteroatoms. The van der Waals surface area contributed by atoms with Crippen molar-refractivity contribution in [3.8, 4) is 5.75 Å². The molecule has 0 atom stereocenters. The fourth-order valence-electron chi connectivity index (χ4n) is 1.82. The molecule has 0 aliphatic rings. The average molecular weight is 256 g/mol. The molecule has 0 aliphatic heterocycles. The van der Waals surface area contributed by atoms with Gasteiger partial charge >= 0.3 is 0 Å². The van der Waals surface area contributed by atoms with Crippen LogP contribution in [0.2, 0.25) is 0 Å². The van der Waals surface area contributed by atoms with Crippen molar-refractivity contribution < 1.29 is 4.74 Å². The third kappa shape index (κ3) is 3.71. The number of ether oxygens (including phenoxy) is 1. The summed E-state index contributed by atoms with van der Waals surface area (Å²) in [5.74, 6) is 2.26. The lowest BCUT2D eigenvalue weighted by Crippen LogP contribution is -2.01. The van der Waals surface area contributed by atoms with Crippen LogP contribution in [0.15, 0.2) is 42.5 Å². The van der Waals surface area contributed by atoms with Gasteiger partial charge in [-0.3, -0.25) is 0 Å². The van der Waals surface area contributed by atoms with Crippen LogP contribution in [0.3, 0.4) is 0 Å². The second-order valence-electron chi connectivity index (χ2n) is 4.78. The van der Waals surface area contributed by atoms with Crippen molar-refractivity contribution in [1.29, 1.82) is 0 Å². The number of aromatic nitrogens is 1. The summed E-state index contributed by atoms with van der Waals surface area (Å²) < 4.78 is 5.79. The first-order valence-electron chi connectivity index (χ1n) is 6.55. The third-order valence-electron chi connectivity index (χ3n) is 2.97. The molecule has 2 rings (SSSR count). The van der Waals surface area contributed by atoms with Crippen LogP contribution in [0.4, 0.5) is 5.82 Å². The summed E-state index contributed by atoms with van der Waals surface area (Å²) in [6, 6.07) is 14.1. The van der Waals surface area contributed by atoms with E-state index in [1.165, 1.54) is 5.56 Å². The minimum atomic E-state index is 0.483. The number of nitrogens with one attached hydrogen (secondary N) is 1. The maximum atomic E-state index is 5.79. The molecule has 0 saturated carbocycles. The molecule has 0 bridgehead atoms. The van der Waals surface area contributed by atoms with Crippen LogP contribution < -0.4 is 10.1 Å². The highest BCUT2D eigenvalue weighted by Gasteiger charge is 2.02. The summed E-state index contributed by atoms with van der Waals surface area (Å²) in [5.41, 5.74) is 2.20. The molecule has 0 spiro atoms. The van der Waals surface area contributed by atoms with E-state index >= 15 is 0 Å². The van der Waals surface area contributed by atoms with Crippen LogP contribution >= 0.6 is 0 Å². The van der Waals surface area contributed by atoms with E-state index in [0.717, 1.165) is 17.3 Å². The molecule has 1 aromatic heterocycles. The molecule has 0 aliphatic carbocycles. The molecular weight excluding hydrogens is 236 g/mol. The Morgan fingerprint density at radius 3 is 2.68 bits per heavy atom. The minimum Gasteiger partial charge on any atom is -0.487 e. The quantitative estimate of drug-likeness (QED) is 0.883. The van der Waals surface area contributed by atoms with E-state index in [1.807, 2.05) is 37.4 Å². The molecule has 0 fully saturated rings. The van der Waals surface area contributed by atoms with Gasteiger partial charge in [-0.2, -0.15) is 0 Å². The highest BCUT2D eigenvalue weighted by Crippen LogP contribution is 2.20. The number of pyridine rings is 1. The van der Waals surface area contributed by atoms with Crippen molar-refractivity contribution in [3.05, 3.63) is 53.7 Å². The standard InChI is InChI=1S/C16H20N2O/c1-12(2)13-6-4-8-15(10-13)19-11-14-7-5-9-16(17-3)18-14/h4-10,12H,11H2,1-3H3,(H,17,18). The zero-order valence-electron chi connectivity index (χ0n) is 11.7. The maximum Gasteiger partial charge on any atom is 0.130 e. The lowest BCUT2D eigenvalue weighted by Gasteiger charge is -2.10. The van der Waals surface area contributed by atoms with Gasteiger partial charge in [-0.1, -0.05) is 32.0 Å². The monoisotopic (exact) mass is 256 g/mol. The number of hydrogen-bond acceptors (Lipinski definition) is 3. The van der Waals surface area contributed by atoms with E-state index in [-0.39, 0.29) is 0 Å². The first-order valence-corrected chi connectivity index (χ1v) is 6.55. The molecule has 0 amide bonds. The predicted molar refractivity (Wildman–Crippen MR) is 78.6 cm³/mol. The van der Waals surface area contributed by atoms with Crippen molar-refractivity contribution in [2.45, 2.75) is 26.4 Å². The Balaban J connectivity index is 2.03. The molecule has 0 radical (unpaired) electrons. The molecular formula is C16H20N2O. The van der Waals surface area contributed by atoms with Crippen LogP contribution in [0.5, 0.6) is 5.75 Å². The SMILES string of the molecule is CNc1cccc(COc2cccc(C(C)C)c2)n1. The molecule has 19 heavy (non-hydrogen) atoms. The van der Waals surface area contributed by atoms with Gasteiger partial charge < -0.3 is 10.1 Å². The van der Waals surface area contributed by atoms with E-state index < -0.39 is 0 Å². The molecule has 0 saturated heterocycles. The van der Waals surface area contributed by atoms with Crippen LogP contribution in [0, 0.1) is 0 Å². The summed E-state index contributed by atoms with van der Waals surface area (Å²) in [6.45, 7) is 4.84. The highest BCUT2D eigenvalue weighted by molar-refractivity contribution is 5.34. The lowest BCUT2D eigenvalue weighted by molar-refractivity contribution is 0.301. The molecule has 0 unspecified atom stereocenters. The van der Waals surface area contributed by atoms with Gasteiger partial charge in [-0.15, -0.1) is 0 Å². The average Bonchev–Trinajstić information content (AvgIpc) is 2.45. The largest absolute Gasteiger partial charge is 0.487 e. The number of nitrogens with zero attached hydrogens (tertiary/aromatic N) is 1. The van der Waals surface area contributed by atoms with Crippen molar-refractivity contribution in [2.24, 2.45) is 0 Å². The summed E-state index contributed by atoms with van der Waals surface area (Å²) in [4.78, 5) is 4.43. The normalized spacial score (nSPS) is 10.5. The zero-order chi connectivity index (χ0) is 13.7. The third-order valence-corrected chi connectivity index (χ3v) is 2.97. The summed E-state index contributed by atoms with van der Waals surface area (Å²) in [7, 11) is 1.86. The lowest BCUT2D eigenvalue weighted by atomic mass is 10.0. The van der Waals surface area contributed by atoms with E-state index in [9.17, 15) is 0 Å². The fourth-order valence-corrected chi connectivity index (χ4v) is 1.82. The van der Waals surface area contributed by atoms with E-state index in [1.54, 1.807) is 0 Å². The van der Waals surface area contributed by atoms with Crippen molar-refractivity contribution in [3.63, 3.8) is 0 Å². The molecule has 1 heterocycles. The Bertz CT molecular complexity index is 538. The Hall–Kier alpha value is -2.03. The number of benzene rings is 1. The Kier molecular flexibility index (Phi) is 4.39. The van der Waals surface area contributed by atoms with E-state index in [2.05, 4.69) is 36.3 Å². The van der Waals surface area contributed by atoms with Gasteiger partial charge in [0, 0.05) is 7.05 Å². The van der Waals surface area contributed by atoms with Crippen LogP contribution in [-0.2, 0) is 6.61 Å². The van der Waals surface area contributed by atoms with Crippen LogP contribution in [0.1, 0.15) is 31.0 Å². The number of rotatable bonds is 5. The second-order valence-corrected chi connectivity index (χ2v) is 4.78.